The zero-order chi connectivity index (χ0) is 10.8. The van der Waals surface area contributed by atoms with Crippen LogP contribution in [0.4, 0.5) is 11.5 Å². The van der Waals surface area contributed by atoms with Crippen molar-refractivity contribution in [3.05, 3.63) is 36.5 Å². The van der Waals surface area contributed by atoms with Crippen molar-refractivity contribution in [1.82, 2.24) is 4.57 Å². The van der Waals surface area contributed by atoms with Crippen LogP contribution in [0.3, 0.4) is 0 Å². The molecule has 3 heteroatoms. The summed E-state index contributed by atoms with van der Waals surface area (Å²) in [6.07, 6.45) is 2.00. The van der Waals surface area contributed by atoms with Gasteiger partial charge in [-0.2, -0.15) is 0 Å². The molecule has 0 saturated carbocycles. The SMILES string of the molecule is CCn1ccc(-c2ccc(N)cc2)c1N. The Morgan fingerprint density at radius 1 is 1.07 bits per heavy atom. The zero-order valence-electron chi connectivity index (χ0n) is 8.77. The average Bonchev–Trinajstić information content (AvgIpc) is 2.61. The summed E-state index contributed by atoms with van der Waals surface area (Å²) >= 11 is 0. The molecule has 0 aliphatic carbocycles. The van der Waals surface area contributed by atoms with E-state index in [0.29, 0.717) is 0 Å². The molecule has 15 heavy (non-hydrogen) atoms. The third kappa shape index (κ3) is 1.68. The lowest BCUT2D eigenvalue weighted by molar-refractivity contribution is 0.780. The molecule has 78 valence electrons. The molecule has 0 radical (unpaired) electrons. The lowest BCUT2D eigenvalue weighted by Gasteiger charge is -2.04. The number of hydrogen-bond donors (Lipinski definition) is 2. The fourth-order valence-corrected chi connectivity index (χ4v) is 1.67. The summed E-state index contributed by atoms with van der Waals surface area (Å²) < 4.78 is 2.02. The maximum absolute atomic E-state index is 6.02. The molecule has 2 aromatic rings. The second-order valence-corrected chi connectivity index (χ2v) is 3.52. The lowest BCUT2D eigenvalue weighted by Crippen LogP contribution is -1.99. The molecule has 0 aliphatic rings. The molecule has 1 aromatic carbocycles. The van der Waals surface area contributed by atoms with Crippen LogP contribution in [0.15, 0.2) is 36.5 Å². The van der Waals surface area contributed by atoms with Gasteiger partial charge in [0.2, 0.25) is 0 Å². The third-order valence-electron chi connectivity index (χ3n) is 2.57. The van der Waals surface area contributed by atoms with Gasteiger partial charge in [-0.15, -0.1) is 0 Å². The number of benzene rings is 1. The standard InChI is InChI=1S/C12H15N3/c1-2-15-8-7-11(12(15)14)9-3-5-10(13)6-4-9/h3-8H,2,13-14H2,1H3. The van der Waals surface area contributed by atoms with Crippen molar-refractivity contribution in [1.29, 1.82) is 0 Å². The van der Waals surface area contributed by atoms with Gasteiger partial charge in [-0.05, 0) is 30.7 Å². The van der Waals surface area contributed by atoms with Gasteiger partial charge in [-0.25, -0.2) is 0 Å². The largest absolute Gasteiger partial charge is 0.399 e. The van der Waals surface area contributed by atoms with Gasteiger partial charge >= 0.3 is 0 Å². The monoisotopic (exact) mass is 201 g/mol. The summed E-state index contributed by atoms with van der Waals surface area (Å²) in [5.41, 5.74) is 14.6. The molecule has 0 unspecified atom stereocenters. The van der Waals surface area contributed by atoms with E-state index < -0.39 is 0 Å². The van der Waals surface area contributed by atoms with Crippen LogP contribution in [0.25, 0.3) is 11.1 Å². The van der Waals surface area contributed by atoms with Crippen molar-refractivity contribution in [2.45, 2.75) is 13.5 Å². The minimum Gasteiger partial charge on any atom is -0.399 e. The molecule has 0 aliphatic heterocycles. The summed E-state index contributed by atoms with van der Waals surface area (Å²) in [4.78, 5) is 0. The Kier molecular flexibility index (Phi) is 2.37. The van der Waals surface area contributed by atoms with E-state index in [2.05, 4.69) is 6.92 Å². The molecule has 0 amide bonds. The molecule has 3 nitrogen and oxygen atoms in total. The predicted octanol–water partition coefficient (Wildman–Crippen LogP) is 2.34. The first kappa shape index (κ1) is 9.65. The lowest BCUT2D eigenvalue weighted by atomic mass is 10.1. The number of hydrogen-bond acceptors (Lipinski definition) is 2. The van der Waals surface area contributed by atoms with Crippen LogP contribution in [0.2, 0.25) is 0 Å². The molecule has 0 bridgehead atoms. The van der Waals surface area contributed by atoms with E-state index in [1.54, 1.807) is 0 Å². The minimum absolute atomic E-state index is 0.771. The van der Waals surface area contributed by atoms with Crippen molar-refractivity contribution < 1.29 is 0 Å². The molecule has 0 saturated heterocycles. The van der Waals surface area contributed by atoms with Gasteiger partial charge in [-0.3, -0.25) is 0 Å². The number of nitrogen functional groups attached to an aromatic ring is 2. The maximum atomic E-state index is 6.02. The van der Waals surface area contributed by atoms with Crippen LogP contribution in [0, 0.1) is 0 Å². The van der Waals surface area contributed by atoms with Gasteiger partial charge in [0.15, 0.2) is 0 Å². The minimum atomic E-state index is 0.771. The molecule has 4 N–H and O–H groups in total. The summed E-state index contributed by atoms with van der Waals surface area (Å²) in [6, 6.07) is 9.78. The molecule has 2 rings (SSSR count). The Morgan fingerprint density at radius 2 is 1.73 bits per heavy atom. The van der Waals surface area contributed by atoms with Crippen LogP contribution in [-0.2, 0) is 6.54 Å². The van der Waals surface area contributed by atoms with Gasteiger partial charge < -0.3 is 16.0 Å². The Balaban J connectivity index is 2.45. The third-order valence-corrected chi connectivity index (χ3v) is 2.57. The fraction of sp³-hybridized carbons (Fsp3) is 0.167. The molecular formula is C12H15N3. The second kappa shape index (κ2) is 3.69. The van der Waals surface area contributed by atoms with Crippen LogP contribution in [0.1, 0.15) is 6.92 Å². The fourth-order valence-electron chi connectivity index (χ4n) is 1.67. The highest BCUT2D eigenvalue weighted by Gasteiger charge is 2.06. The Hall–Kier alpha value is -1.90. The van der Waals surface area contributed by atoms with Gasteiger partial charge in [0.05, 0.1) is 0 Å². The average molecular weight is 201 g/mol. The van der Waals surface area contributed by atoms with E-state index in [9.17, 15) is 0 Å². The van der Waals surface area contributed by atoms with Gasteiger partial charge in [0, 0.05) is 24.0 Å². The quantitative estimate of drug-likeness (QED) is 0.733. The maximum Gasteiger partial charge on any atom is 0.111 e. The van der Waals surface area contributed by atoms with Crippen molar-refractivity contribution >= 4 is 11.5 Å². The van der Waals surface area contributed by atoms with E-state index in [1.165, 1.54) is 0 Å². The Morgan fingerprint density at radius 3 is 2.27 bits per heavy atom. The number of nitrogens with two attached hydrogens (primary N) is 2. The normalized spacial score (nSPS) is 10.5. The van der Waals surface area contributed by atoms with Crippen LogP contribution in [0.5, 0.6) is 0 Å². The van der Waals surface area contributed by atoms with Gasteiger partial charge in [0.1, 0.15) is 5.82 Å². The first-order valence-electron chi connectivity index (χ1n) is 5.03. The highest BCUT2D eigenvalue weighted by Crippen LogP contribution is 2.27. The molecular weight excluding hydrogens is 186 g/mol. The van der Waals surface area contributed by atoms with E-state index in [4.69, 9.17) is 11.5 Å². The highest BCUT2D eigenvalue weighted by atomic mass is 15.0. The number of anilines is 2. The van der Waals surface area contributed by atoms with E-state index in [-0.39, 0.29) is 0 Å². The summed E-state index contributed by atoms with van der Waals surface area (Å²) in [5, 5.41) is 0. The van der Waals surface area contributed by atoms with E-state index >= 15 is 0 Å². The summed E-state index contributed by atoms with van der Waals surface area (Å²) in [5.74, 6) is 0.808. The van der Waals surface area contributed by atoms with Crippen LogP contribution >= 0.6 is 0 Å². The van der Waals surface area contributed by atoms with Crippen molar-refractivity contribution in [3.63, 3.8) is 0 Å². The van der Waals surface area contributed by atoms with Crippen LogP contribution in [-0.4, -0.2) is 4.57 Å². The first-order valence-corrected chi connectivity index (χ1v) is 5.03. The number of rotatable bonds is 2. The molecule has 0 atom stereocenters. The topological polar surface area (TPSA) is 57.0 Å². The number of nitrogens with zero attached hydrogens (tertiary/aromatic N) is 1. The summed E-state index contributed by atoms with van der Waals surface area (Å²) in [6.45, 7) is 2.96. The van der Waals surface area contributed by atoms with E-state index in [1.807, 2.05) is 41.1 Å². The predicted molar refractivity (Wildman–Crippen MR) is 64.4 cm³/mol. The first-order chi connectivity index (χ1) is 7.22. The van der Waals surface area contributed by atoms with Crippen molar-refractivity contribution in [2.24, 2.45) is 0 Å². The van der Waals surface area contributed by atoms with Crippen LogP contribution < -0.4 is 11.5 Å². The second-order valence-electron chi connectivity index (χ2n) is 3.52. The Labute approximate surface area is 89.3 Å². The summed E-state index contributed by atoms with van der Waals surface area (Å²) in [7, 11) is 0. The highest BCUT2D eigenvalue weighted by molar-refractivity contribution is 5.75. The number of aromatic nitrogens is 1. The van der Waals surface area contributed by atoms with Gasteiger partial charge in [-0.1, -0.05) is 12.1 Å². The molecule has 0 fully saturated rings. The van der Waals surface area contributed by atoms with Crippen molar-refractivity contribution in [2.75, 3.05) is 11.5 Å². The molecule has 1 heterocycles. The molecule has 1 aromatic heterocycles. The zero-order valence-corrected chi connectivity index (χ0v) is 8.77. The molecule has 0 spiro atoms. The van der Waals surface area contributed by atoms with Crippen molar-refractivity contribution in [3.8, 4) is 11.1 Å². The number of aryl methyl sites for hydroxylation is 1. The van der Waals surface area contributed by atoms with Gasteiger partial charge in [0.25, 0.3) is 0 Å². The smallest absolute Gasteiger partial charge is 0.111 e. The van der Waals surface area contributed by atoms with E-state index in [0.717, 1.165) is 29.2 Å². The Bertz CT molecular complexity index is 454.